The number of nitrogens with zero attached hydrogens (tertiary/aromatic N) is 2. The van der Waals surface area contributed by atoms with Gasteiger partial charge >= 0.3 is 0 Å². The van der Waals surface area contributed by atoms with Crippen LogP contribution >= 0.6 is 0 Å². The van der Waals surface area contributed by atoms with Gasteiger partial charge in [-0.15, -0.1) is 0 Å². The molecule has 1 unspecified atom stereocenters. The van der Waals surface area contributed by atoms with Crippen LogP contribution in [0.5, 0.6) is 0 Å². The van der Waals surface area contributed by atoms with Gasteiger partial charge in [0.2, 0.25) is 0 Å². The molecule has 0 aliphatic heterocycles. The zero-order valence-corrected chi connectivity index (χ0v) is 10.4. The van der Waals surface area contributed by atoms with E-state index in [-0.39, 0.29) is 0 Å². The standard InChI is InChI=1S/C12H23N3/c1-5-6-7-15-11(4)12(9(2)8-13)10(3)14-15/h9H,5-8,13H2,1-4H3. The van der Waals surface area contributed by atoms with Gasteiger partial charge in [-0.25, -0.2) is 0 Å². The van der Waals surface area contributed by atoms with Crippen LogP contribution in [0, 0.1) is 13.8 Å². The van der Waals surface area contributed by atoms with Gasteiger partial charge in [-0.1, -0.05) is 20.3 Å². The Kier molecular flexibility index (Phi) is 4.33. The third-order valence-corrected chi connectivity index (χ3v) is 3.01. The molecule has 0 aliphatic rings. The zero-order valence-electron chi connectivity index (χ0n) is 10.4. The molecule has 1 atom stereocenters. The smallest absolute Gasteiger partial charge is 0.0631 e. The van der Waals surface area contributed by atoms with E-state index in [9.17, 15) is 0 Å². The summed E-state index contributed by atoms with van der Waals surface area (Å²) in [5.74, 6) is 0.417. The van der Waals surface area contributed by atoms with Crippen molar-refractivity contribution in [2.75, 3.05) is 6.54 Å². The van der Waals surface area contributed by atoms with Gasteiger partial charge in [0.05, 0.1) is 5.69 Å². The Morgan fingerprint density at radius 1 is 1.40 bits per heavy atom. The minimum absolute atomic E-state index is 0.417. The topological polar surface area (TPSA) is 43.8 Å². The van der Waals surface area contributed by atoms with E-state index in [4.69, 9.17) is 5.73 Å². The van der Waals surface area contributed by atoms with Crippen LogP contribution in [-0.2, 0) is 6.54 Å². The molecule has 0 saturated heterocycles. The van der Waals surface area contributed by atoms with Crippen LogP contribution in [0.4, 0.5) is 0 Å². The number of hydrogen-bond donors (Lipinski definition) is 1. The van der Waals surface area contributed by atoms with E-state index < -0.39 is 0 Å². The highest BCUT2D eigenvalue weighted by molar-refractivity contribution is 5.28. The van der Waals surface area contributed by atoms with E-state index >= 15 is 0 Å². The van der Waals surface area contributed by atoms with Gasteiger partial charge in [0.25, 0.3) is 0 Å². The molecule has 1 heterocycles. The molecule has 86 valence electrons. The summed E-state index contributed by atoms with van der Waals surface area (Å²) < 4.78 is 2.13. The first kappa shape index (κ1) is 12.2. The molecule has 1 aromatic heterocycles. The normalized spacial score (nSPS) is 13.1. The van der Waals surface area contributed by atoms with Crippen molar-refractivity contribution < 1.29 is 0 Å². The van der Waals surface area contributed by atoms with Crippen molar-refractivity contribution in [3.63, 3.8) is 0 Å². The third-order valence-electron chi connectivity index (χ3n) is 3.01. The molecule has 1 aromatic rings. The minimum atomic E-state index is 0.417. The van der Waals surface area contributed by atoms with Crippen LogP contribution in [0.3, 0.4) is 0 Å². The Bertz CT molecular complexity index is 315. The Labute approximate surface area is 92.7 Å². The van der Waals surface area contributed by atoms with Crippen LogP contribution in [0.15, 0.2) is 0 Å². The summed E-state index contributed by atoms with van der Waals surface area (Å²) in [6, 6.07) is 0. The molecular formula is C12H23N3. The van der Waals surface area contributed by atoms with Crippen molar-refractivity contribution in [1.29, 1.82) is 0 Å². The lowest BCUT2D eigenvalue weighted by molar-refractivity contribution is 0.554. The monoisotopic (exact) mass is 209 g/mol. The maximum absolute atomic E-state index is 5.71. The molecule has 2 N–H and O–H groups in total. The summed E-state index contributed by atoms with van der Waals surface area (Å²) in [5, 5.41) is 4.58. The molecular weight excluding hydrogens is 186 g/mol. The molecule has 0 saturated carbocycles. The lowest BCUT2D eigenvalue weighted by atomic mass is 9.99. The van der Waals surface area contributed by atoms with E-state index in [2.05, 4.69) is 37.5 Å². The molecule has 15 heavy (non-hydrogen) atoms. The van der Waals surface area contributed by atoms with E-state index in [1.807, 2.05) is 0 Å². The van der Waals surface area contributed by atoms with E-state index in [1.165, 1.54) is 24.1 Å². The quantitative estimate of drug-likeness (QED) is 0.809. The molecule has 1 rings (SSSR count). The van der Waals surface area contributed by atoms with Gasteiger partial charge in [-0.05, 0) is 38.3 Å². The fourth-order valence-corrected chi connectivity index (χ4v) is 2.07. The molecule has 0 spiro atoms. The van der Waals surface area contributed by atoms with Gasteiger partial charge < -0.3 is 5.73 Å². The molecule has 3 heteroatoms. The van der Waals surface area contributed by atoms with Gasteiger partial charge in [-0.2, -0.15) is 5.10 Å². The van der Waals surface area contributed by atoms with Crippen molar-refractivity contribution in [2.24, 2.45) is 5.73 Å². The lowest BCUT2D eigenvalue weighted by Crippen LogP contribution is -2.11. The van der Waals surface area contributed by atoms with Crippen molar-refractivity contribution >= 4 is 0 Å². The molecule has 3 nitrogen and oxygen atoms in total. The predicted octanol–water partition coefficient (Wildman–Crippen LogP) is 2.36. The van der Waals surface area contributed by atoms with Crippen LogP contribution in [0.1, 0.15) is 49.6 Å². The first-order chi connectivity index (χ1) is 7.11. The van der Waals surface area contributed by atoms with Crippen molar-refractivity contribution in [3.05, 3.63) is 17.0 Å². The minimum Gasteiger partial charge on any atom is -0.330 e. The summed E-state index contributed by atoms with van der Waals surface area (Å²) in [7, 11) is 0. The zero-order chi connectivity index (χ0) is 11.4. The first-order valence-electron chi connectivity index (χ1n) is 5.85. The van der Waals surface area contributed by atoms with Crippen molar-refractivity contribution in [1.82, 2.24) is 9.78 Å². The fraction of sp³-hybridized carbons (Fsp3) is 0.750. The number of hydrogen-bond acceptors (Lipinski definition) is 2. The summed E-state index contributed by atoms with van der Waals surface area (Å²) in [5.41, 5.74) is 9.49. The van der Waals surface area contributed by atoms with Gasteiger partial charge in [0.15, 0.2) is 0 Å². The molecule has 0 amide bonds. The molecule has 0 radical (unpaired) electrons. The SMILES string of the molecule is CCCCn1nc(C)c(C(C)CN)c1C. The highest BCUT2D eigenvalue weighted by atomic mass is 15.3. The average Bonchev–Trinajstić information content (AvgIpc) is 2.50. The lowest BCUT2D eigenvalue weighted by Gasteiger charge is -2.09. The first-order valence-corrected chi connectivity index (χ1v) is 5.85. The highest BCUT2D eigenvalue weighted by Crippen LogP contribution is 2.22. The van der Waals surface area contributed by atoms with Crippen LogP contribution in [0.2, 0.25) is 0 Å². The van der Waals surface area contributed by atoms with E-state index in [1.54, 1.807) is 0 Å². The number of aryl methyl sites for hydroxylation is 2. The number of nitrogens with two attached hydrogens (primary N) is 1. The number of unbranched alkanes of at least 4 members (excludes halogenated alkanes) is 1. The number of rotatable bonds is 5. The molecule has 0 bridgehead atoms. The largest absolute Gasteiger partial charge is 0.330 e. The van der Waals surface area contributed by atoms with Crippen LogP contribution in [0.25, 0.3) is 0 Å². The summed E-state index contributed by atoms with van der Waals surface area (Å²) in [4.78, 5) is 0. The Hall–Kier alpha value is -0.830. The third kappa shape index (κ3) is 2.59. The summed E-state index contributed by atoms with van der Waals surface area (Å²) in [6.07, 6.45) is 2.40. The van der Waals surface area contributed by atoms with E-state index in [0.29, 0.717) is 12.5 Å². The van der Waals surface area contributed by atoms with E-state index in [0.717, 1.165) is 12.2 Å². The highest BCUT2D eigenvalue weighted by Gasteiger charge is 2.15. The van der Waals surface area contributed by atoms with Crippen molar-refractivity contribution in [2.45, 2.75) is 53.0 Å². The van der Waals surface area contributed by atoms with Gasteiger partial charge in [-0.3, -0.25) is 4.68 Å². The molecule has 0 fully saturated rings. The van der Waals surface area contributed by atoms with Gasteiger partial charge in [0, 0.05) is 12.2 Å². The second-order valence-corrected chi connectivity index (χ2v) is 4.30. The number of aromatic nitrogens is 2. The summed E-state index contributed by atoms with van der Waals surface area (Å²) >= 11 is 0. The van der Waals surface area contributed by atoms with Crippen molar-refractivity contribution in [3.8, 4) is 0 Å². The van der Waals surface area contributed by atoms with Gasteiger partial charge in [0.1, 0.15) is 0 Å². The Morgan fingerprint density at radius 2 is 2.07 bits per heavy atom. The molecule has 0 aromatic carbocycles. The predicted molar refractivity (Wildman–Crippen MR) is 64.1 cm³/mol. The van der Waals surface area contributed by atoms with Crippen LogP contribution in [-0.4, -0.2) is 16.3 Å². The Morgan fingerprint density at radius 3 is 2.60 bits per heavy atom. The maximum atomic E-state index is 5.71. The molecule has 0 aliphatic carbocycles. The summed E-state index contributed by atoms with van der Waals surface area (Å²) in [6.45, 7) is 10.3. The Balaban J connectivity index is 2.93. The maximum Gasteiger partial charge on any atom is 0.0631 e. The fourth-order valence-electron chi connectivity index (χ4n) is 2.07. The second-order valence-electron chi connectivity index (χ2n) is 4.30. The average molecular weight is 209 g/mol. The van der Waals surface area contributed by atoms with Crippen LogP contribution < -0.4 is 5.73 Å². The second kappa shape index (κ2) is 5.31.